The van der Waals surface area contributed by atoms with E-state index in [0.29, 0.717) is 6.42 Å². The van der Waals surface area contributed by atoms with Crippen molar-refractivity contribution in [2.24, 2.45) is 0 Å². The van der Waals surface area contributed by atoms with Crippen molar-refractivity contribution in [1.82, 2.24) is 4.98 Å². The van der Waals surface area contributed by atoms with Crippen LogP contribution in [0.2, 0.25) is 0 Å². The summed E-state index contributed by atoms with van der Waals surface area (Å²) in [4.78, 5) is 14.6. The molecule has 0 spiro atoms. The zero-order chi connectivity index (χ0) is 9.97. The van der Waals surface area contributed by atoms with Gasteiger partial charge in [0.15, 0.2) is 0 Å². The Kier molecular flexibility index (Phi) is 2.45. The molecule has 0 aliphatic carbocycles. The molecule has 1 aromatic heterocycles. The highest BCUT2D eigenvalue weighted by atomic mass is 16.4. The molecule has 1 aliphatic rings. The summed E-state index contributed by atoms with van der Waals surface area (Å²) < 4.78 is 0. The second-order valence-electron chi connectivity index (χ2n) is 3.59. The molecule has 0 radical (unpaired) electrons. The second-order valence-corrected chi connectivity index (χ2v) is 3.59. The Balaban J connectivity index is 2.06. The van der Waals surface area contributed by atoms with Crippen molar-refractivity contribution < 1.29 is 15.2 Å². The Morgan fingerprint density at radius 2 is 2.43 bits per heavy atom. The fourth-order valence-electron chi connectivity index (χ4n) is 1.90. The van der Waals surface area contributed by atoms with E-state index in [-0.39, 0.29) is 12.1 Å². The van der Waals surface area contributed by atoms with Gasteiger partial charge in [-0.15, -0.1) is 0 Å². The number of aliphatic carboxylic acids is 1. The molecule has 1 fully saturated rings. The van der Waals surface area contributed by atoms with Crippen LogP contribution in [0.5, 0.6) is 0 Å². The van der Waals surface area contributed by atoms with Crippen LogP contribution < -0.4 is 10.4 Å². The lowest BCUT2D eigenvalue weighted by Crippen LogP contribution is -2.90. The number of carbonyl (C=O) groups is 1. The molecule has 0 aromatic carbocycles. The molecule has 4 nitrogen and oxygen atoms in total. The molecule has 14 heavy (non-hydrogen) atoms. The highest BCUT2D eigenvalue weighted by Crippen LogP contribution is 2.18. The van der Waals surface area contributed by atoms with E-state index in [1.54, 1.807) is 12.4 Å². The molecule has 4 heteroatoms. The van der Waals surface area contributed by atoms with Crippen molar-refractivity contribution in [3.63, 3.8) is 0 Å². The number of carboxylic acid groups (broad SMARTS) is 1. The number of quaternary nitrogens is 1. The number of pyridine rings is 1. The van der Waals surface area contributed by atoms with Crippen LogP contribution in [0.1, 0.15) is 24.4 Å². The van der Waals surface area contributed by atoms with E-state index >= 15 is 0 Å². The molecule has 1 aromatic rings. The van der Waals surface area contributed by atoms with E-state index in [4.69, 9.17) is 0 Å². The molecule has 0 saturated carbocycles. The molecular weight excluding hydrogens is 180 g/mol. The van der Waals surface area contributed by atoms with Crippen LogP contribution in [-0.4, -0.2) is 17.0 Å². The molecule has 0 unspecified atom stereocenters. The molecule has 0 amide bonds. The molecule has 2 N–H and O–H groups in total. The van der Waals surface area contributed by atoms with Gasteiger partial charge in [-0.25, -0.2) is 0 Å². The number of carbonyl (C=O) groups excluding carboxylic acids is 1. The van der Waals surface area contributed by atoms with Crippen molar-refractivity contribution in [2.45, 2.75) is 24.9 Å². The highest BCUT2D eigenvalue weighted by Gasteiger charge is 2.29. The van der Waals surface area contributed by atoms with Crippen molar-refractivity contribution >= 4 is 5.97 Å². The van der Waals surface area contributed by atoms with E-state index in [1.165, 1.54) is 0 Å². The smallest absolute Gasteiger partial charge is 0.127 e. The zero-order valence-electron chi connectivity index (χ0n) is 7.72. The summed E-state index contributed by atoms with van der Waals surface area (Å²) in [6.45, 7) is 0. The second kappa shape index (κ2) is 3.75. The molecular formula is C10H12N2O2. The topological polar surface area (TPSA) is 69.6 Å². The quantitative estimate of drug-likeness (QED) is 0.626. The van der Waals surface area contributed by atoms with Gasteiger partial charge in [0.25, 0.3) is 0 Å². The first-order valence-electron chi connectivity index (χ1n) is 4.73. The Morgan fingerprint density at radius 3 is 3.00 bits per heavy atom. The Hall–Kier alpha value is -1.42. The molecule has 2 heterocycles. The number of nitrogens with two attached hydrogens (primary N) is 1. The number of aromatic nitrogens is 1. The van der Waals surface area contributed by atoms with Gasteiger partial charge in [-0.3, -0.25) is 4.98 Å². The number of nitrogens with zero attached hydrogens (tertiary/aromatic N) is 1. The Bertz CT molecular complexity index is 326. The van der Waals surface area contributed by atoms with E-state index in [0.717, 1.165) is 12.0 Å². The number of hydrogen-bond donors (Lipinski definition) is 1. The number of hydrogen-bond acceptors (Lipinski definition) is 3. The number of carboxylic acids is 1. The fourth-order valence-corrected chi connectivity index (χ4v) is 1.90. The van der Waals surface area contributed by atoms with Gasteiger partial charge in [0.2, 0.25) is 0 Å². The predicted molar refractivity (Wildman–Crippen MR) is 46.9 cm³/mol. The summed E-state index contributed by atoms with van der Waals surface area (Å²) in [5, 5.41) is 12.5. The summed E-state index contributed by atoms with van der Waals surface area (Å²) in [6, 6.07) is 3.69. The molecule has 1 aliphatic heterocycles. The van der Waals surface area contributed by atoms with E-state index in [2.05, 4.69) is 4.98 Å². The van der Waals surface area contributed by atoms with E-state index in [9.17, 15) is 9.90 Å². The molecule has 1 saturated heterocycles. The maximum atomic E-state index is 10.6. The average molecular weight is 192 g/mol. The maximum Gasteiger partial charge on any atom is 0.127 e. The first kappa shape index (κ1) is 9.15. The van der Waals surface area contributed by atoms with Gasteiger partial charge in [-0.1, -0.05) is 6.07 Å². The molecule has 2 atom stereocenters. The zero-order valence-corrected chi connectivity index (χ0v) is 7.72. The van der Waals surface area contributed by atoms with Crippen LogP contribution >= 0.6 is 0 Å². The van der Waals surface area contributed by atoms with Gasteiger partial charge in [0, 0.05) is 30.8 Å². The van der Waals surface area contributed by atoms with Gasteiger partial charge >= 0.3 is 0 Å². The van der Waals surface area contributed by atoms with Gasteiger partial charge in [-0.05, 0) is 6.07 Å². The van der Waals surface area contributed by atoms with Crippen molar-refractivity contribution in [2.75, 3.05) is 0 Å². The Labute approximate surface area is 82.0 Å². The maximum absolute atomic E-state index is 10.6. The van der Waals surface area contributed by atoms with Crippen LogP contribution in [0.3, 0.4) is 0 Å². The largest absolute Gasteiger partial charge is 0.544 e. The van der Waals surface area contributed by atoms with Crippen LogP contribution in [0, 0.1) is 0 Å². The third kappa shape index (κ3) is 1.75. The third-order valence-electron chi connectivity index (χ3n) is 2.67. The number of rotatable bonds is 2. The Morgan fingerprint density at radius 1 is 1.57 bits per heavy atom. The van der Waals surface area contributed by atoms with Crippen molar-refractivity contribution in [3.8, 4) is 0 Å². The van der Waals surface area contributed by atoms with Crippen LogP contribution in [0.4, 0.5) is 0 Å². The first-order valence-corrected chi connectivity index (χ1v) is 4.73. The standard InChI is InChI=1S/C10H12N2O2/c13-10(14)9-4-3-8(12-9)7-2-1-5-11-6-7/h1-2,5-6,8-9,12H,3-4H2,(H,13,14)/t8-,9-/m1/s1. The lowest BCUT2D eigenvalue weighted by atomic mass is 10.1. The minimum atomic E-state index is -0.962. The minimum absolute atomic E-state index is 0.228. The fraction of sp³-hybridized carbons (Fsp3) is 0.400. The first-order chi connectivity index (χ1) is 6.77. The van der Waals surface area contributed by atoms with E-state index < -0.39 is 5.97 Å². The van der Waals surface area contributed by atoms with E-state index in [1.807, 2.05) is 17.4 Å². The van der Waals surface area contributed by atoms with Gasteiger partial charge < -0.3 is 15.2 Å². The van der Waals surface area contributed by atoms with Gasteiger partial charge in [-0.2, -0.15) is 0 Å². The SMILES string of the molecule is O=C([O-])[C@H]1CC[C@H](c2cccnc2)[NH2+]1. The molecule has 74 valence electrons. The monoisotopic (exact) mass is 192 g/mol. The summed E-state index contributed by atoms with van der Waals surface area (Å²) >= 11 is 0. The van der Waals surface area contributed by atoms with Crippen LogP contribution in [0.15, 0.2) is 24.5 Å². The normalized spacial score (nSPS) is 26.3. The lowest BCUT2D eigenvalue weighted by Gasteiger charge is -2.11. The lowest BCUT2D eigenvalue weighted by molar-refractivity contribution is -0.701. The van der Waals surface area contributed by atoms with Crippen LogP contribution in [0.25, 0.3) is 0 Å². The van der Waals surface area contributed by atoms with Crippen molar-refractivity contribution in [3.05, 3.63) is 30.1 Å². The van der Waals surface area contributed by atoms with Crippen LogP contribution in [-0.2, 0) is 4.79 Å². The summed E-state index contributed by atoms with van der Waals surface area (Å²) in [6.07, 6.45) is 5.07. The predicted octanol–water partition coefficient (Wildman–Crippen LogP) is -1.40. The summed E-state index contributed by atoms with van der Waals surface area (Å²) in [7, 11) is 0. The molecule has 0 bridgehead atoms. The highest BCUT2D eigenvalue weighted by molar-refractivity contribution is 5.69. The third-order valence-corrected chi connectivity index (χ3v) is 2.67. The van der Waals surface area contributed by atoms with Gasteiger partial charge in [0.1, 0.15) is 12.1 Å². The summed E-state index contributed by atoms with van der Waals surface area (Å²) in [5.41, 5.74) is 1.09. The minimum Gasteiger partial charge on any atom is -0.544 e. The molecule has 2 rings (SSSR count). The average Bonchev–Trinajstić information content (AvgIpc) is 2.68. The van der Waals surface area contributed by atoms with Crippen molar-refractivity contribution in [1.29, 1.82) is 0 Å². The summed E-state index contributed by atoms with van der Waals surface area (Å²) in [5.74, 6) is -0.962. The van der Waals surface area contributed by atoms with Gasteiger partial charge in [0.05, 0.1) is 5.97 Å².